The molecule has 0 aliphatic rings. The van der Waals surface area contributed by atoms with Gasteiger partial charge in [-0.2, -0.15) is 0 Å². The molecule has 0 aliphatic heterocycles. The summed E-state index contributed by atoms with van der Waals surface area (Å²) in [5.74, 6) is -0.772. The summed E-state index contributed by atoms with van der Waals surface area (Å²) in [6, 6.07) is 7.69. The van der Waals surface area contributed by atoms with Gasteiger partial charge in [-0.25, -0.2) is 17.5 Å². The molecule has 0 atom stereocenters. The van der Waals surface area contributed by atoms with Gasteiger partial charge in [-0.15, -0.1) is 11.3 Å². The van der Waals surface area contributed by atoms with Gasteiger partial charge in [0.2, 0.25) is 10.0 Å². The lowest BCUT2D eigenvalue weighted by atomic mass is 10.2. The monoisotopic (exact) mass is 314 g/mol. The van der Waals surface area contributed by atoms with Crippen molar-refractivity contribution in [2.24, 2.45) is 5.73 Å². The van der Waals surface area contributed by atoms with Gasteiger partial charge in [0, 0.05) is 18.0 Å². The number of hydrogen-bond acceptors (Lipinski definition) is 4. The van der Waals surface area contributed by atoms with Crippen LogP contribution < -0.4 is 10.5 Å². The Labute approximate surface area is 121 Å². The fourth-order valence-electron chi connectivity index (χ4n) is 1.72. The summed E-state index contributed by atoms with van der Waals surface area (Å²) in [5.41, 5.74) is 6.01. The van der Waals surface area contributed by atoms with Gasteiger partial charge < -0.3 is 5.73 Å². The van der Waals surface area contributed by atoms with Crippen molar-refractivity contribution in [3.63, 3.8) is 0 Å². The van der Waals surface area contributed by atoms with Gasteiger partial charge in [0.1, 0.15) is 10.7 Å². The molecule has 0 aliphatic carbocycles. The lowest BCUT2D eigenvalue weighted by molar-refractivity contribution is 0.556. The van der Waals surface area contributed by atoms with E-state index in [4.69, 9.17) is 5.73 Å². The van der Waals surface area contributed by atoms with Crippen molar-refractivity contribution in [1.82, 2.24) is 4.72 Å². The zero-order valence-corrected chi connectivity index (χ0v) is 12.3. The third-order valence-corrected chi connectivity index (χ3v) is 5.18. The Hall–Kier alpha value is -1.28. The van der Waals surface area contributed by atoms with Gasteiger partial charge in [0.25, 0.3) is 0 Å². The van der Waals surface area contributed by atoms with Gasteiger partial charge in [-0.05, 0) is 35.6 Å². The molecular formula is C13H15FN2O2S2. The maximum absolute atomic E-state index is 13.6. The van der Waals surface area contributed by atoms with Gasteiger partial charge in [0.05, 0.1) is 0 Å². The normalized spacial score (nSPS) is 11.7. The molecule has 2 aromatic rings. The maximum Gasteiger partial charge on any atom is 0.243 e. The Balaban J connectivity index is 2.09. The average Bonchev–Trinajstić information content (AvgIpc) is 2.92. The van der Waals surface area contributed by atoms with E-state index in [0.717, 1.165) is 10.9 Å². The van der Waals surface area contributed by atoms with Gasteiger partial charge in [-0.1, -0.05) is 12.1 Å². The van der Waals surface area contributed by atoms with Crippen LogP contribution in [0, 0.1) is 5.82 Å². The van der Waals surface area contributed by atoms with Crippen molar-refractivity contribution in [2.75, 3.05) is 6.54 Å². The summed E-state index contributed by atoms with van der Waals surface area (Å²) in [7, 11) is -3.85. The van der Waals surface area contributed by atoms with Crippen LogP contribution in [0.5, 0.6) is 0 Å². The molecule has 0 fully saturated rings. The lowest BCUT2D eigenvalue weighted by Crippen LogP contribution is -2.26. The van der Waals surface area contributed by atoms with Crippen LogP contribution in [0.4, 0.5) is 4.39 Å². The first kappa shape index (κ1) is 15.1. The fraction of sp³-hybridized carbons (Fsp3) is 0.231. The number of thiophene rings is 1. The molecule has 0 bridgehead atoms. The first-order chi connectivity index (χ1) is 9.53. The number of nitrogens with two attached hydrogens (primary N) is 1. The van der Waals surface area contributed by atoms with E-state index in [9.17, 15) is 12.8 Å². The lowest BCUT2D eigenvalue weighted by Gasteiger charge is -2.08. The van der Waals surface area contributed by atoms with E-state index in [1.54, 1.807) is 11.3 Å². The van der Waals surface area contributed by atoms with Crippen molar-refractivity contribution in [1.29, 1.82) is 0 Å². The highest BCUT2D eigenvalue weighted by molar-refractivity contribution is 7.89. The van der Waals surface area contributed by atoms with Crippen LogP contribution in [-0.4, -0.2) is 15.0 Å². The zero-order valence-electron chi connectivity index (χ0n) is 10.7. The van der Waals surface area contributed by atoms with E-state index in [-0.39, 0.29) is 18.0 Å². The second-order valence-corrected chi connectivity index (χ2v) is 6.96. The van der Waals surface area contributed by atoms with Crippen molar-refractivity contribution in [2.45, 2.75) is 17.9 Å². The largest absolute Gasteiger partial charge is 0.326 e. The molecule has 2 rings (SSSR count). The van der Waals surface area contributed by atoms with Gasteiger partial charge >= 0.3 is 0 Å². The zero-order chi connectivity index (χ0) is 14.6. The van der Waals surface area contributed by atoms with Crippen LogP contribution in [0.2, 0.25) is 0 Å². The van der Waals surface area contributed by atoms with Crippen molar-refractivity contribution in [3.05, 3.63) is 52.0 Å². The molecule has 20 heavy (non-hydrogen) atoms. The Morgan fingerprint density at radius 1 is 1.30 bits per heavy atom. The van der Waals surface area contributed by atoms with E-state index < -0.39 is 15.8 Å². The van der Waals surface area contributed by atoms with E-state index in [0.29, 0.717) is 12.0 Å². The maximum atomic E-state index is 13.6. The van der Waals surface area contributed by atoms with Crippen LogP contribution in [0.1, 0.15) is 10.4 Å². The number of sulfonamides is 1. The summed E-state index contributed by atoms with van der Waals surface area (Å²) in [6.07, 6.45) is 0.578. The van der Waals surface area contributed by atoms with Crippen molar-refractivity contribution >= 4 is 21.4 Å². The van der Waals surface area contributed by atoms with E-state index >= 15 is 0 Å². The molecule has 0 amide bonds. The highest BCUT2D eigenvalue weighted by Crippen LogP contribution is 2.16. The summed E-state index contributed by atoms with van der Waals surface area (Å²) in [6.45, 7) is 0.396. The smallest absolute Gasteiger partial charge is 0.243 e. The summed E-state index contributed by atoms with van der Waals surface area (Å²) >= 11 is 1.55. The predicted molar refractivity (Wildman–Crippen MR) is 77.5 cm³/mol. The topological polar surface area (TPSA) is 72.2 Å². The van der Waals surface area contributed by atoms with E-state index in [2.05, 4.69) is 4.72 Å². The molecule has 0 radical (unpaired) electrons. The Bertz CT molecular complexity index is 670. The molecule has 1 aromatic heterocycles. The Morgan fingerprint density at radius 2 is 2.10 bits per heavy atom. The van der Waals surface area contributed by atoms with Crippen LogP contribution in [0.15, 0.2) is 40.6 Å². The number of hydrogen-bond donors (Lipinski definition) is 2. The minimum atomic E-state index is -3.85. The van der Waals surface area contributed by atoms with Gasteiger partial charge in [0.15, 0.2) is 0 Å². The molecule has 4 nitrogen and oxygen atoms in total. The molecule has 3 N–H and O–H groups in total. The third-order valence-electron chi connectivity index (χ3n) is 2.76. The standard InChI is InChI=1S/C13H15FN2O2S2/c14-12-4-3-10(9-15)8-13(12)20(17,18)16-6-5-11-2-1-7-19-11/h1-4,7-8,16H,5-6,9,15H2. The third kappa shape index (κ3) is 3.63. The highest BCUT2D eigenvalue weighted by Gasteiger charge is 2.18. The summed E-state index contributed by atoms with van der Waals surface area (Å²) in [5, 5.41) is 1.92. The number of benzene rings is 1. The first-order valence-corrected chi connectivity index (χ1v) is 8.40. The van der Waals surface area contributed by atoms with Crippen LogP contribution >= 0.6 is 11.3 Å². The van der Waals surface area contributed by atoms with E-state index in [1.165, 1.54) is 12.1 Å². The second kappa shape index (κ2) is 6.45. The van der Waals surface area contributed by atoms with E-state index in [1.807, 2.05) is 17.5 Å². The minimum Gasteiger partial charge on any atom is -0.326 e. The molecule has 7 heteroatoms. The van der Waals surface area contributed by atoms with Crippen molar-refractivity contribution < 1.29 is 12.8 Å². The quantitative estimate of drug-likeness (QED) is 0.855. The molecule has 108 valence electrons. The average molecular weight is 314 g/mol. The summed E-state index contributed by atoms with van der Waals surface area (Å²) in [4.78, 5) is 0.718. The van der Waals surface area contributed by atoms with Crippen LogP contribution in [0.25, 0.3) is 0 Å². The molecule has 1 heterocycles. The number of halogens is 1. The van der Waals surface area contributed by atoms with Crippen molar-refractivity contribution in [3.8, 4) is 0 Å². The molecular weight excluding hydrogens is 299 g/mol. The number of nitrogens with one attached hydrogen (secondary N) is 1. The molecule has 1 aromatic carbocycles. The van der Waals surface area contributed by atoms with Crippen LogP contribution in [0.3, 0.4) is 0 Å². The minimum absolute atomic E-state index is 0.165. The highest BCUT2D eigenvalue weighted by atomic mass is 32.2. The fourth-order valence-corrected chi connectivity index (χ4v) is 3.59. The van der Waals surface area contributed by atoms with Gasteiger partial charge in [-0.3, -0.25) is 0 Å². The molecule has 0 saturated heterocycles. The Kier molecular flexibility index (Phi) is 4.87. The van der Waals surface area contributed by atoms with Crippen LogP contribution in [-0.2, 0) is 23.0 Å². The molecule has 0 saturated carbocycles. The molecule has 0 spiro atoms. The second-order valence-electron chi connectivity index (χ2n) is 4.20. The predicted octanol–water partition coefficient (Wildman–Crippen LogP) is 1.87. The number of rotatable bonds is 6. The SMILES string of the molecule is NCc1ccc(F)c(S(=O)(=O)NCCc2cccs2)c1. The molecule has 0 unspecified atom stereocenters. The first-order valence-electron chi connectivity index (χ1n) is 6.03. The Morgan fingerprint density at radius 3 is 2.75 bits per heavy atom. The summed E-state index contributed by atoms with van der Waals surface area (Å²) < 4.78 is 40.2.